The third kappa shape index (κ3) is 3.53. The van der Waals surface area contributed by atoms with E-state index < -0.39 is 0 Å². The lowest BCUT2D eigenvalue weighted by Crippen LogP contribution is -2.13. The van der Waals surface area contributed by atoms with Crippen LogP contribution in [-0.2, 0) is 24.1 Å². The predicted octanol–water partition coefficient (Wildman–Crippen LogP) is 4.98. The number of Topliss-reactive ketones (excluding diaryl/α,β-unsaturated/α-hetero) is 1. The zero-order valence-corrected chi connectivity index (χ0v) is 13.6. The van der Waals surface area contributed by atoms with Crippen LogP contribution in [0.3, 0.4) is 0 Å². The molecular weight excluding hydrogens is 256 g/mol. The Bertz CT molecular complexity index is 590. The lowest BCUT2D eigenvalue weighted by molar-refractivity contribution is -0.115. The first-order valence-electron chi connectivity index (χ1n) is 8.08. The van der Waals surface area contributed by atoms with Gasteiger partial charge in [-0.3, -0.25) is 4.79 Å². The van der Waals surface area contributed by atoms with E-state index in [1.165, 1.54) is 11.1 Å². The predicted molar refractivity (Wildman–Crippen MR) is 89.6 cm³/mol. The van der Waals surface area contributed by atoms with Gasteiger partial charge in [0.05, 0.1) is 0 Å². The summed E-state index contributed by atoms with van der Waals surface area (Å²) in [7, 11) is 0. The quantitative estimate of drug-likeness (QED) is 0.744. The number of ketones is 1. The van der Waals surface area contributed by atoms with Gasteiger partial charge < -0.3 is 0 Å². The first-order valence-corrected chi connectivity index (χ1v) is 8.08. The summed E-state index contributed by atoms with van der Waals surface area (Å²) >= 11 is 0. The van der Waals surface area contributed by atoms with Crippen molar-refractivity contribution in [2.45, 2.75) is 59.3 Å². The molecule has 21 heavy (non-hydrogen) atoms. The van der Waals surface area contributed by atoms with Gasteiger partial charge in [0.25, 0.3) is 0 Å². The van der Waals surface area contributed by atoms with Crippen molar-refractivity contribution >= 4 is 5.78 Å². The van der Waals surface area contributed by atoms with Gasteiger partial charge in [0.1, 0.15) is 0 Å². The third-order valence-electron chi connectivity index (χ3n) is 4.62. The van der Waals surface area contributed by atoms with Gasteiger partial charge >= 0.3 is 0 Å². The largest absolute Gasteiger partial charge is 0.294 e. The fourth-order valence-corrected chi connectivity index (χ4v) is 3.17. The number of rotatable bonds is 5. The molecule has 0 atom stereocenters. The second-order valence-electron chi connectivity index (χ2n) is 5.97. The minimum absolute atomic E-state index is 0.277. The van der Waals surface area contributed by atoms with E-state index in [-0.39, 0.29) is 5.78 Å². The fourth-order valence-electron chi connectivity index (χ4n) is 3.17. The summed E-state index contributed by atoms with van der Waals surface area (Å²) in [5.41, 5.74) is 7.19. The van der Waals surface area contributed by atoms with Gasteiger partial charge in [-0.25, -0.2) is 0 Å². The van der Waals surface area contributed by atoms with E-state index >= 15 is 0 Å². The molecule has 0 fully saturated rings. The Morgan fingerprint density at radius 3 is 2.52 bits per heavy atom. The first-order chi connectivity index (χ1) is 10.1. The van der Waals surface area contributed by atoms with E-state index in [4.69, 9.17) is 0 Å². The highest BCUT2D eigenvalue weighted by Gasteiger charge is 2.19. The second-order valence-corrected chi connectivity index (χ2v) is 5.97. The van der Waals surface area contributed by atoms with Crippen molar-refractivity contribution in [3.63, 3.8) is 0 Å². The van der Waals surface area contributed by atoms with Crippen molar-refractivity contribution in [2.75, 3.05) is 0 Å². The minimum Gasteiger partial charge on any atom is -0.294 e. The lowest BCUT2D eigenvalue weighted by atomic mass is 9.85. The van der Waals surface area contributed by atoms with Gasteiger partial charge in [-0.15, -0.1) is 0 Å². The van der Waals surface area contributed by atoms with Crippen molar-refractivity contribution in [1.82, 2.24) is 0 Å². The van der Waals surface area contributed by atoms with Gasteiger partial charge in [-0.1, -0.05) is 44.2 Å². The number of hydrogen-bond acceptors (Lipinski definition) is 1. The van der Waals surface area contributed by atoms with Crippen LogP contribution >= 0.6 is 0 Å². The van der Waals surface area contributed by atoms with E-state index in [1.807, 2.05) is 6.92 Å². The molecule has 1 aliphatic carbocycles. The van der Waals surface area contributed by atoms with Crippen LogP contribution in [0.2, 0.25) is 0 Å². The number of allylic oxidation sites excluding steroid dienone is 3. The van der Waals surface area contributed by atoms with Crippen LogP contribution in [0.4, 0.5) is 0 Å². The third-order valence-corrected chi connectivity index (χ3v) is 4.62. The molecule has 0 aliphatic heterocycles. The van der Waals surface area contributed by atoms with Crippen LogP contribution in [0.25, 0.3) is 0 Å². The molecule has 0 saturated carbocycles. The molecular formula is C20H26O. The summed E-state index contributed by atoms with van der Waals surface area (Å²) < 4.78 is 0. The van der Waals surface area contributed by atoms with Gasteiger partial charge in [0.15, 0.2) is 5.78 Å². The van der Waals surface area contributed by atoms with E-state index in [0.29, 0.717) is 6.42 Å². The van der Waals surface area contributed by atoms with Crippen LogP contribution in [0.1, 0.15) is 56.7 Å². The summed E-state index contributed by atoms with van der Waals surface area (Å²) in [6.45, 7) is 10.5. The smallest absolute Gasteiger partial charge is 0.163 e. The highest BCUT2D eigenvalue weighted by Crippen LogP contribution is 2.29. The molecule has 1 aromatic rings. The average Bonchev–Trinajstić information content (AvgIpc) is 2.49. The first kappa shape index (κ1) is 15.8. The second kappa shape index (κ2) is 6.89. The Morgan fingerprint density at radius 2 is 1.86 bits per heavy atom. The standard InChI is InChI=1S/C20H26O/c1-5-17-11-10-16(12-18(17)6-2)13-20(21)19-9-7-8-14(3)15(19)4/h10-12H,3,5-9,13H2,1-2,4H3. The topological polar surface area (TPSA) is 17.1 Å². The van der Waals surface area contributed by atoms with Crippen LogP contribution in [0, 0.1) is 0 Å². The Balaban J connectivity index is 2.20. The molecule has 0 bridgehead atoms. The van der Waals surface area contributed by atoms with E-state index in [1.54, 1.807) is 0 Å². The van der Waals surface area contributed by atoms with Gasteiger partial charge in [-0.2, -0.15) is 0 Å². The zero-order valence-electron chi connectivity index (χ0n) is 13.6. The van der Waals surface area contributed by atoms with Crippen LogP contribution in [0.5, 0.6) is 0 Å². The highest BCUT2D eigenvalue weighted by atomic mass is 16.1. The van der Waals surface area contributed by atoms with Crippen molar-refractivity contribution < 1.29 is 4.79 Å². The Labute approximate surface area is 128 Å². The molecule has 1 heteroatoms. The van der Waals surface area contributed by atoms with E-state index in [2.05, 4.69) is 38.6 Å². The molecule has 2 rings (SSSR count). The Hall–Kier alpha value is -1.63. The maximum Gasteiger partial charge on any atom is 0.163 e. The highest BCUT2D eigenvalue weighted by molar-refractivity contribution is 5.98. The molecule has 0 saturated heterocycles. The van der Waals surface area contributed by atoms with E-state index in [0.717, 1.165) is 54.4 Å². The lowest BCUT2D eigenvalue weighted by Gasteiger charge is -2.19. The summed E-state index contributed by atoms with van der Waals surface area (Å²) in [4.78, 5) is 12.6. The fraction of sp³-hybridized carbons (Fsp3) is 0.450. The molecule has 1 aromatic carbocycles. The minimum atomic E-state index is 0.277. The number of aryl methyl sites for hydroxylation is 2. The molecule has 0 spiro atoms. The molecule has 0 amide bonds. The molecule has 0 aromatic heterocycles. The number of benzene rings is 1. The molecule has 0 radical (unpaired) electrons. The zero-order chi connectivity index (χ0) is 15.4. The SMILES string of the molecule is C=C1CCCC(C(=O)Cc2ccc(CC)c(CC)c2)=C1C. The van der Waals surface area contributed by atoms with Crippen LogP contribution in [-0.4, -0.2) is 5.78 Å². The van der Waals surface area contributed by atoms with Crippen molar-refractivity contribution in [2.24, 2.45) is 0 Å². The van der Waals surface area contributed by atoms with Crippen molar-refractivity contribution in [3.05, 3.63) is 58.2 Å². The summed E-state index contributed by atoms with van der Waals surface area (Å²) in [6, 6.07) is 6.51. The number of carbonyl (C=O) groups is 1. The van der Waals surface area contributed by atoms with Crippen LogP contribution in [0.15, 0.2) is 41.5 Å². The summed E-state index contributed by atoms with van der Waals surface area (Å²) in [6.07, 6.45) is 5.62. The van der Waals surface area contributed by atoms with Gasteiger partial charge in [0, 0.05) is 6.42 Å². The maximum atomic E-state index is 12.6. The van der Waals surface area contributed by atoms with Gasteiger partial charge in [-0.05, 0) is 66.9 Å². The summed E-state index contributed by atoms with van der Waals surface area (Å²) in [5, 5.41) is 0. The van der Waals surface area contributed by atoms with Crippen molar-refractivity contribution in [1.29, 1.82) is 0 Å². The van der Waals surface area contributed by atoms with Crippen LogP contribution < -0.4 is 0 Å². The summed E-state index contributed by atoms with van der Waals surface area (Å²) in [5.74, 6) is 0.277. The molecule has 0 unspecified atom stereocenters. The Morgan fingerprint density at radius 1 is 1.14 bits per heavy atom. The Kier molecular flexibility index (Phi) is 5.17. The van der Waals surface area contributed by atoms with E-state index in [9.17, 15) is 4.79 Å². The molecule has 1 nitrogen and oxygen atoms in total. The molecule has 112 valence electrons. The van der Waals surface area contributed by atoms with Crippen molar-refractivity contribution in [3.8, 4) is 0 Å². The monoisotopic (exact) mass is 282 g/mol. The van der Waals surface area contributed by atoms with Gasteiger partial charge in [0.2, 0.25) is 0 Å². The molecule has 0 N–H and O–H groups in total. The normalized spacial score (nSPS) is 15.5. The number of hydrogen-bond donors (Lipinski definition) is 0. The molecule has 1 aliphatic rings. The average molecular weight is 282 g/mol. The molecule has 0 heterocycles. The maximum absolute atomic E-state index is 12.6. The number of carbonyl (C=O) groups excluding carboxylic acids is 1.